The number of rotatable bonds is 3. The molecule has 1 fully saturated rings. The number of nitrogens with zero attached hydrogens (tertiary/aromatic N) is 2. The highest BCUT2D eigenvalue weighted by molar-refractivity contribution is 5.55. The average molecular weight is 244 g/mol. The minimum Gasteiger partial charge on any atom is -0.366 e. The molecule has 2 unspecified atom stereocenters. The molecule has 0 aromatic carbocycles. The van der Waals surface area contributed by atoms with Crippen molar-refractivity contribution in [3.05, 3.63) is 23.4 Å². The van der Waals surface area contributed by atoms with Crippen LogP contribution in [0.3, 0.4) is 0 Å². The third-order valence-corrected chi connectivity index (χ3v) is 3.68. The number of nitriles is 1. The van der Waals surface area contributed by atoms with E-state index in [9.17, 15) is 5.26 Å². The maximum Gasteiger partial charge on any atom is 0.144 e. The van der Waals surface area contributed by atoms with Gasteiger partial charge in [-0.15, -0.1) is 0 Å². The van der Waals surface area contributed by atoms with Crippen LogP contribution in [0, 0.1) is 24.2 Å². The van der Waals surface area contributed by atoms with E-state index < -0.39 is 0 Å². The molecule has 2 atom stereocenters. The average Bonchev–Trinajstić information content (AvgIpc) is 2.40. The van der Waals surface area contributed by atoms with E-state index in [1.165, 1.54) is 12.8 Å². The fourth-order valence-electron chi connectivity index (χ4n) is 2.45. The van der Waals surface area contributed by atoms with E-state index in [1.54, 1.807) is 6.20 Å². The van der Waals surface area contributed by atoms with Gasteiger partial charge in [-0.05, 0) is 57.3 Å². The van der Waals surface area contributed by atoms with Crippen LogP contribution in [0.2, 0.25) is 0 Å². The first-order valence-electron chi connectivity index (χ1n) is 6.55. The molecule has 1 aromatic heterocycles. The molecule has 1 aliphatic heterocycles. The van der Waals surface area contributed by atoms with Gasteiger partial charge in [0, 0.05) is 12.2 Å². The summed E-state index contributed by atoms with van der Waals surface area (Å²) in [5.41, 5.74) is 1.64. The largest absolute Gasteiger partial charge is 0.366 e. The summed E-state index contributed by atoms with van der Waals surface area (Å²) < 4.78 is 0. The van der Waals surface area contributed by atoms with Gasteiger partial charge >= 0.3 is 0 Å². The lowest BCUT2D eigenvalue weighted by Gasteiger charge is -2.29. The molecule has 2 heterocycles. The minimum atomic E-state index is 0.333. The van der Waals surface area contributed by atoms with Gasteiger partial charge in [0.25, 0.3) is 0 Å². The standard InChI is InChI=1S/C14H20N4/c1-10-5-7-17-14(13(10)8-15)18-11(2)12-4-3-6-16-9-12/h5,7,11-12,16H,3-4,6,9H2,1-2H3,(H,17,18). The molecule has 0 aliphatic carbocycles. The molecule has 4 heteroatoms. The molecule has 1 saturated heterocycles. The summed E-state index contributed by atoms with van der Waals surface area (Å²) in [7, 11) is 0. The summed E-state index contributed by atoms with van der Waals surface area (Å²) in [6, 6.07) is 4.44. The van der Waals surface area contributed by atoms with Crippen LogP contribution in [-0.4, -0.2) is 24.1 Å². The molecule has 0 amide bonds. The molecular weight excluding hydrogens is 224 g/mol. The van der Waals surface area contributed by atoms with Crippen LogP contribution in [0.4, 0.5) is 5.82 Å². The molecule has 0 radical (unpaired) electrons. The van der Waals surface area contributed by atoms with E-state index in [0.717, 1.165) is 24.5 Å². The third-order valence-electron chi connectivity index (χ3n) is 3.68. The molecule has 1 aliphatic rings. The minimum absolute atomic E-state index is 0.333. The zero-order valence-corrected chi connectivity index (χ0v) is 11.0. The van der Waals surface area contributed by atoms with Crippen molar-refractivity contribution in [3.8, 4) is 6.07 Å². The summed E-state index contributed by atoms with van der Waals surface area (Å²) in [5.74, 6) is 1.32. The quantitative estimate of drug-likeness (QED) is 0.854. The van der Waals surface area contributed by atoms with Gasteiger partial charge in [0.05, 0.1) is 5.56 Å². The van der Waals surface area contributed by atoms with Crippen molar-refractivity contribution in [1.82, 2.24) is 10.3 Å². The number of nitrogens with one attached hydrogen (secondary N) is 2. The Bertz CT molecular complexity index is 444. The summed E-state index contributed by atoms with van der Waals surface area (Å²) in [5, 5.41) is 16.0. The van der Waals surface area contributed by atoms with E-state index in [4.69, 9.17) is 0 Å². The van der Waals surface area contributed by atoms with Crippen LogP contribution in [0.1, 0.15) is 30.9 Å². The first-order chi connectivity index (χ1) is 8.72. The number of hydrogen-bond donors (Lipinski definition) is 2. The first kappa shape index (κ1) is 12.8. The summed E-state index contributed by atoms with van der Waals surface area (Å²) >= 11 is 0. The predicted octanol–water partition coefficient (Wildman–Crippen LogP) is 2.06. The van der Waals surface area contributed by atoms with Gasteiger partial charge < -0.3 is 10.6 Å². The van der Waals surface area contributed by atoms with Crippen LogP contribution < -0.4 is 10.6 Å². The maximum atomic E-state index is 9.18. The summed E-state index contributed by atoms with van der Waals surface area (Å²) in [6.07, 6.45) is 4.21. The second kappa shape index (κ2) is 5.83. The lowest BCUT2D eigenvalue weighted by Crippen LogP contribution is -2.39. The Labute approximate surface area is 108 Å². The van der Waals surface area contributed by atoms with Gasteiger partial charge in [-0.3, -0.25) is 0 Å². The molecule has 0 saturated carbocycles. The lowest BCUT2D eigenvalue weighted by molar-refractivity contribution is 0.346. The van der Waals surface area contributed by atoms with Crippen molar-refractivity contribution in [3.63, 3.8) is 0 Å². The predicted molar refractivity (Wildman–Crippen MR) is 72.4 cm³/mol. The number of aryl methyl sites for hydroxylation is 1. The highest BCUT2D eigenvalue weighted by atomic mass is 15.0. The maximum absolute atomic E-state index is 9.18. The molecular formula is C14H20N4. The monoisotopic (exact) mass is 244 g/mol. The van der Waals surface area contributed by atoms with Gasteiger partial charge in [-0.2, -0.15) is 5.26 Å². The van der Waals surface area contributed by atoms with Gasteiger partial charge in [0.15, 0.2) is 0 Å². The first-order valence-corrected chi connectivity index (χ1v) is 6.55. The molecule has 2 N–H and O–H groups in total. The molecule has 18 heavy (non-hydrogen) atoms. The van der Waals surface area contributed by atoms with Crippen LogP contribution in [0.5, 0.6) is 0 Å². The van der Waals surface area contributed by atoms with Crippen LogP contribution in [-0.2, 0) is 0 Å². The third kappa shape index (κ3) is 2.80. The molecule has 1 aromatic rings. The van der Waals surface area contributed by atoms with Gasteiger partial charge in [0.2, 0.25) is 0 Å². The second-order valence-electron chi connectivity index (χ2n) is 5.00. The zero-order chi connectivity index (χ0) is 13.0. The van der Waals surface area contributed by atoms with Crippen LogP contribution >= 0.6 is 0 Å². The Morgan fingerprint density at radius 2 is 2.44 bits per heavy atom. The Morgan fingerprint density at radius 1 is 1.61 bits per heavy atom. The molecule has 96 valence electrons. The van der Waals surface area contributed by atoms with E-state index in [0.29, 0.717) is 17.5 Å². The molecule has 0 bridgehead atoms. The number of pyridine rings is 1. The number of hydrogen-bond acceptors (Lipinski definition) is 4. The van der Waals surface area contributed by atoms with Gasteiger partial charge in [-0.25, -0.2) is 4.98 Å². The van der Waals surface area contributed by atoms with Crippen molar-refractivity contribution in [2.75, 3.05) is 18.4 Å². The normalized spacial score (nSPS) is 21.1. The van der Waals surface area contributed by atoms with Crippen molar-refractivity contribution < 1.29 is 0 Å². The Kier molecular flexibility index (Phi) is 4.16. The molecule has 4 nitrogen and oxygen atoms in total. The smallest absolute Gasteiger partial charge is 0.144 e. The van der Waals surface area contributed by atoms with Crippen LogP contribution in [0.15, 0.2) is 12.3 Å². The number of piperidine rings is 1. The van der Waals surface area contributed by atoms with Crippen molar-refractivity contribution >= 4 is 5.82 Å². The number of anilines is 1. The fraction of sp³-hybridized carbons (Fsp3) is 0.571. The van der Waals surface area contributed by atoms with E-state index in [-0.39, 0.29) is 0 Å². The van der Waals surface area contributed by atoms with Crippen LogP contribution in [0.25, 0.3) is 0 Å². The van der Waals surface area contributed by atoms with Gasteiger partial charge in [-0.1, -0.05) is 0 Å². The van der Waals surface area contributed by atoms with E-state index in [1.807, 2.05) is 13.0 Å². The summed E-state index contributed by atoms with van der Waals surface area (Å²) in [6.45, 7) is 6.28. The number of aromatic nitrogens is 1. The Hall–Kier alpha value is -1.60. The second-order valence-corrected chi connectivity index (χ2v) is 5.00. The SMILES string of the molecule is Cc1ccnc(NC(C)C2CCCNC2)c1C#N. The topological polar surface area (TPSA) is 60.7 Å². The van der Waals surface area contributed by atoms with E-state index in [2.05, 4.69) is 28.6 Å². The van der Waals surface area contributed by atoms with Crippen molar-refractivity contribution in [2.24, 2.45) is 5.92 Å². The highest BCUT2D eigenvalue weighted by Crippen LogP contribution is 2.21. The lowest BCUT2D eigenvalue weighted by atomic mass is 9.92. The Balaban J connectivity index is 2.09. The van der Waals surface area contributed by atoms with Crippen molar-refractivity contribution in [2.45, 2.75) is 32.7 Å². The summed E-state index contributed by atoms with van der Waals surface area (Å²) in [4.78, 5) is 4.29. The Morgan fingerprint density at radius 3 is 3.11 bits per heavy atom. The zero-order valence-electron chi connectivity index (χ0n) is 11.0. The molecule has 2 rings (SSSR count). The fourth-order valence-corrected chi connectivity index (χ4v) is 2.45. The van der Waals surface area contributed by atoms with Gasteiger partial charge in [0.1, 0.15) is 11.9 Å². The molecule has 0 spiro atoms. The van der Waals surface area contributed by atoms with Crippen molar-refractivity contribution in [1.29, 1.82) is 5.26 Å². The highest BCUT2D eigenvalue weighted by Gasteiger charge is 2.21. The van der Waals surface area contributed by atoms with E-state index >= 15 is 0 Å².